The summed E-state index contributed by atoms with van der Waals surface area (Å²) in [6.45, 7) is 12.3. The molecule has 1 unspecified atom stereocenters. The Bertz CT molecular complexity index is 573. The first-order valence-corrected chi connectivity index (χ1v) is 9.90. The molecule has 6 nitrogen and oxygen atoms in total. The van der Waals surface area contributed by atoms with Crippen LogP contribution in [-0.2, 0) is 4.79 Å². The second kappa shape index (κ2) is 14.6. The number of benzene rings is 1. The highest BCUT2D eigenvalue weighted by Crippen LogP contribution is 2.19. The van der Waals surface area contributed by atoms with Gasteiger partial charge in [0, 0.05) is 27.2 Å². The Morgan fingerprint density at radius 2 is 1.61 bits per heavy atom. The summed E-state index contributed by atoms with van der Waals surface area (Å²) in [4.78, 5) is 20.4. The number of aliphatic imine (C=N–C) groups is 1. The number of amides is 1. The zero-order valence-electron chi connectivity index (χ0n) is 18.2. The van der Waals surface area contributed by atoms with Gasteiger partial charge in [0.1, 0.15) is 6.54 Å². The van der Waals surface area contributed by atoms with Gasteiger partial charge in [-0.2, -0.15) is 0 Å². The molecule has 28 heavy (non-hydrogen) atoms. The number of nitrogens with one attached hydrogen (secondary N) is 2. The molecule has 2 N–H and O–H groups in total. The maximum Gasteiger partial charge on any atom is 0.243 e. The number of guanidine groups is 1. The van der Waals surface area contributed by atoms with E-state index in [1.807, 2.05) is 6.07 Å². The molecule has 0 bridgehead atoms. The Kier molecular flexibility index (Phi) is 13.9. The third-order valence-corrected chi connectivity index (χ3v) is 4.45. The highest BCUT2D eigenvalue weighted by atomic mass is 127. The Labute approximate surface area is 188 Å². The van der Waals surface area contributed by atoms with E-state index in [0.717, 1.165) is 26.2 Å². The predicted octanol–water partition coefficient (Wildman–Crippen LogP) is 2.97. The zero-order valence-corrected chi connectivity index (χ0v) is 20.6. The predicted molar refractivity (Wildman–Crippen MR) is 129 cm³/mol. The normalized spacial score (nSPS) is 12.5. The molecule has 0 heterocycles. The topological polar surface area (TPSA) is 60.0 Å². The van der Waals surface area contributed by atoms with Crippen LogP contribution < -0.4 is 10.6 Å². The van der Waals surface area contributed by atoms with Gasteiger partial charge in [-0.15, -0.1) is 24.0 Å². The molecule has 0 saturated carbocycles. The molecule has 1 rings (SSSR count). The van der Waals surface area contributed by atoms with E-state index in [0.29, 0.717) is 11.9 Å². The van der Waals surface area contributed by atoms with Gasteiger partial charge in [-0.3, -0.25) is 9.69 Å². The van der Waals surface area contributed by atoms with Crippen molar-refractivity contribution >= 4 is 35.8 Å². The van der Waals surface area contributed by atoms with Gasteiger partial charge < -0.3 is 15.5 Å². The molecule has 0 aromatic heterocycles. The van der Waals surface area contributed by atoms with Crippen molar-refractivity contribution in [1.29, 1.82) is 0 Å². The molecule has 0 aliphatic carbocycles. The van der Waals surface area contributed by atoms with Gasteiger partial charge in [-0.25, -0.2) is 4.99 Å². The molecule has 0 fully saturated rings. The number of carbonyl (C=O) groups is 1. The fourth-order valence-corrected chi connectivity index (χ4v) is 2.75. The summed E-state index contributed by atoms with van der Waals surface area (Å²) in [5.41, 5.74) is 1.28. The molecule has 1 aromatic carbocycles. The number of hydrogen-bond acceptors (Lipinski definition) is 3. The number of rotatable bonds is 10. The van der Waals surface area contributed by atoms with Crippen molar-refractivity contribution in [3.63, 3.8) is 0 Å². The summed E-state index contributed by atoms with van der Waals surface area (Å²) in [5, 5.41) is 6.79. The number of halogens is 1. The molecular weight excluding hydrogens is 465 g/mol. The van der Waals surface area contributed by atoms with Crippen molar-refractivity contribution in [2.45, 2.75) is 33.7 Å². The van der Waals surface area contributed by atoms with Crippen LogP contribution in [0.1, 0.15) is 39.3 Å². The molecule has 0 aliphatic rings. The summed E-state index contributed by atoms with van der Waals surface area (Å²) in [7, 11) is 3.50. The Balaban J connectivity index is 0.00000729. The average molecular weight is 503 g/mol. The molecule has 160 valence electrons. The number of hydrogen-bond donors (Lipinski definition) is 2. The van der Waals surface area contributed by atoms with E-state index < -0.39 is 0 Å². The van der Waals surface area contributed by atoms with Crippen LogP contribution in [0.3, 0.4) is 0 Å². The zero-order chi connectivity index (χ0) is 20.2. The van der Waals surface area contributed by atoms with Gasteiger partial charge >= 0.3 is 0 Å². The lowest BCUT2D eigenvalue weighted by Gasteiger charge is -2.31. The lowest BCUT2D eigenvalue weighted by molar-refractivity contribution is -0.127. The van der Waals surface area contributed by atoms with Crippen LogP contribution in [-0.4, -0.2) is 68.5 Å². The van der Waals surface area contributed by atoms with Gasteiger partial charge in [0.25, 0.3) is 0 Å². The van der Waals surface area contributed by atoms with Crippen LogP contribution in [0.2, 0.25) is 0 Å². The molecule has 1 amide bonds. The molecule has 7 heteroatoms. The second-order valence-corrected chi connectivity index (χ2v) is 7.26. The molecule has 1 atom stereocenters. The maximum atomic E-state index is 11.9. The van der Waals surface area contributed by atoms with Gasteiger partial charge in [-0.1, -0.05) is 58.0 Å². The fourth-order valence-electron chi connectivity index (χ4n) is 2.75. The molecule has 0 spiro atoms. The van der Waals surface area contributed by atoms with E-state index in [9.17, 15) is 4.79 Å². The lowest BCUT2D eigenvalue weighted by Crippen LogP contribution is -2.44. The molecule has 1 aromatic rings. The standard InChI is InChI=1S/C21H37N5O.HI/c1-7-26(8-2)19(18-12-10-9-11-13-18)15-23-21(22-14-17(3)4)24-16-20(27)25(5)6;/h9-13,17,19H,7-8,14-16H2,1-6H3,(H2,22,23,24);1H. The summed E-state index contributed by atoms with van der Waals surface area (Å²) >= 11 is 0. The Morgan fingerprint density at radius 1 is 1.04 bits per heavy atom. The minimum absolute atomic E-state index is 0. The molecule has 0 aliphatic heterocycles. The number of likely N-dealkylation sites (N-methyl/N-ethyl adjacent to an activating group) is 2. The van der Waals surface area contributed by atoms with Crippen molar-refractivity contribution in [2.75, 3.05) is 46.8 Å². The summed E-state index contributed by atoms with van der Waals surface area (Å²) in [5.74, 6) is 1.17. The lowest BCUT2D eigenvalue weighted by atomic mass is 10.1. The van der Waals surface area contributed by atoms with Gasteiger partial charge in [0.15, 0.2) is 5.96 Å². The number of carbonyl (C=O) groups excluding carboxylic acids is 1. The smallest absolute Gasteiger partial charge is 0.243 e. The van der Waals surface area contributed by atoms with E-state index in [2.05, 4.69) is 72.5 Å². The highest BCUT2D eigenvalue weighted by Gasteiger charge is 2.18. The monoisotopic (exact) mass is 503 g/mol. The summed E-state index contributed by atoms with van der Waals surface area (Å²) < 4.78 is 0. The van der Waals surface area contributed by atoms with Crippen molar-refractivity contribution < 1.29 is 4.79 Å². The van der Waals surface area contributed by atoms with Crippen molar-refractivity contribution in [3.8, 4) is 0 Å². The van der Waals surface area contributed by atoms with Crippen molar-refractivity contribution in [3.05, 3.63) is 35.9 Å². The van der Waals surface area contributed by atoms with E-state index in [-0.39, 0.29) is 42.5 Å². The summed E-state index contributed by atoms with van der Waals surface area (Å²) in [6, 6.07) is 10.8. The largest absolute Gasteiger partial charge is 0.356 e. The third-order valence-electron chi connectivity index (χ3n) is 4.45. The first-order chi connectivity index (χ1) is 12.9. The minimum Gasteiger partial charge on any atom is -0.356 e. The van der Waals surface area contributed by atoms with E-state index >= 15 is 0 Å². The third kappa shape index (κ3) is 9.73. The van der Waals surface area contributed by atoms with Gasteiger partial charge in [-0.05, 0) is 24.6 Å². The Hall–Kier alpha value is -1.35. The SMILES string of the molecule is CCN(CC)C(CNC(=NCC(=O)N(C)C)NCC(C)C)c1ccccc1.I. The molecular formula is C21H38IN5O. The second-order valence-electron chi connectivity index (χ2n) is 7.26. The van der Waals surface area contributed by atoms with Gasteiger partial charge in [0.2, 0.25) is 5.91 Å². The summed E-state index contributed by atoms with van der Waals surface area (Å²) in [6.07, 6.45) is 0. The van der Waals surface area contributed by atoms with Crippen LogP contribution in [0, 0.1) is 5.92 Å². The fraction of sp³-hybridized carbons (Fsp3) is 0.619. The van der Waals surface area contributed by atoms with E-state index in [1.54, 1.807) is 19.0 Å². The Morgan fingerprint density at radius 3 is 2.11 bits per heavy atom. The van der Waals surface area contributed by atoms with E-state index in [4.69, 9.17) is 0 Å². The van der Waals surface area contributed by atoms with Crippen LogP contribution in [0.5, 0.6) is 0 Å². The van der Waals surface area contributed by atoms with Crippen LogP contribution in [0.15, 0.2) is 35.3 Å². The van der Waals surface area contributed by atoms with Crippen molar-refractivity contribution in [2.24, 2.45) is 10.9 Å². The van der Waals surface area contributed by atoms with E-state index in [1.165, 1.54) is 5.56 Å². The van der Waals surface area contributed by atoms with Gasteiger partial charge in [0.05, 0.1) is 6.04 Å². The maximum absolute atomic E-state index is 11.9. The quantitative estimate of drug-likeness (QED) is 0.293. The first-order valence-electron chi connectivity index (χ1n) is 9.90. The average Bonchev–Trinajstić information content (AvgIpc) is 2.66. The van der Waals surface area contributed by atoms with Crippen LogP contribution in [0.25, 0.3) is 0 Å². The van der Waals surface area contributed by atoms with Crippen LogP contribution in [0.4, 0.5) is 0 Å². The highest BCUT2D eigenvalue weighted by molar-refractivity contribution is 14.0. The van der Waals surface area contributed by atoms with Crippen LogP contribution >= 0.6 is 24.0 Å². The number of nitrogens with zero attached hydrogens (tertiary/aromatic N) is 3. The minimum atomic E-state index is -0.0102. The first kappa shape index (κ1) is 26.6. The molecule has 0 radical (unpaired) electrons. The van der Waals surface area contributed by atoms with Crippen molar-refractivity contribution in [1.82, 2.24) is 20.4 Å². The molecule has 0 saturated heterocycles.